The number of aliphatic carboxylic acids is 1. The zero-order chi connectivity index (χ0) is 3.58. The van der Waals surface area contributed by atoms with Gasteiger partial charge in [0.2, 0.25) is 0 Å². The van der Waals surface area contributed by atoms with Crippen LogP contribution in [0.3, 0.4) is 0 Å². The van der Waals surface area contributed by atoms with Gasteiger partial charge in [-0.3, -0.25) is 4.79 Å². The van der Waals surface area contributed by atoms with Crippen LogP contribution < -0.4 is 0 Å². The molecule has 0 aliphatic rings. The van der Waals surface area contributed by atoms with Gasteiger partial charge in [-0.15, -0.1) is 0 Å². The van der Waals surface area contributed by atoms with Crippen molar-refractivity contribution in [1.29, 1.82) is 0 Å². The van der Waals surface area contributed by atoms with Gasteiger partial charge in [0.05, 0.1) is 0 Å². The fourth-order valence-electron chi connectivity index (χ4n) is 0. The maximum absolute atomic E-state index is 9.00. The zero-order valence-electron chi connectivity index (χ0n) is 2.36. The molecule has 0 aromatic carbocycles. The summed E-state index contributed by atoms with van der Waals surface area (Å²) in [6.45, 7) is 1.08. The Hall–Kier alpha value is 1.33. The summed E-state index contributed by atoms with van der Waals surface area (Å²) in [5.41, 5.74) is 0. The van der Waals surface area contributed by atoms with Crippen molar-refractivity contribution < 1.29 is 9.90 Å². The minimum absolute atomic E-state index is 0. The van der Waals surface area contributed by atoms with Crippen LogP contribution in [-0.4, -0.2) is 67.7 Å². The molecule has 0 atom stereocenters. The van der Waals surface area contributed by atoms with Gasteiger partial charge in [0.1, 0.15) is 0 Å². The van der Waals surface area contributed by atoms with Gasteiger partial charge >= 0.3 is 56.6 Å². The maximum atomic E-state index is 9.00. The summed E-state index contributed by atoms with van der Waals surface area (Å²) >= 11 is 0. The van der Waals surface area contributed by atoms with Gasteiger partial charge in [-0.1, -0.05) is 0 Å². The van der Waals surface area contributed by atoms with Gasteiger partial charge in [0.25, 0.3) is 5.97 Å². The van der Waals surface area contributed by atoms with Crippen molar-refractivity contribution in [1.82, 2.24) is 0 Å². The van der Waals surface area contributed by atoms with E-state index in [4.69, 9.17) is 9.90 Å². The molecule has 0 bridgehead atoms. The monoisotopic (exact) mass is 110 g/mol. The van der Waals surface area contributed by atoms with E-state index in [1.807, 2.05) is 0 Å². The minimum atomic E-state index is -0.833. The molecule has 0 radical (unpaired) electrons. The van der Waals surface area contributed by atoms with E-state index in [0.717, 1.165) is 6.92 Å². The van der Waals surface area contributed by atoms with Gasteiger partial charge in [0, 0.05) is 6.92 Å². The predicted molar refractivity (Wildman–Crippen MR) is 29.0 cm³/mol. The number of carbonyl (C=O) groups is 1. The van der Waals surface area contributed by atoms with E-state index in [-0.39, 0.29) is 56.6 Å². The molecule has 0 aliphatic carbocycles. The van der Waals surface area contributed by atoms with Crippen LogP contribution in [-0.2, 0) is 4.79 Å². The molecule has 0 amide bonds. The van der Waals surface area contributed by atoms with E-state index < -0.39 is 5.97 Å². The Kier molecular flexibility index (Phi) is 25.0. The van der Waals surface area contributed by atoms with Crippen LogP contribution in [0.4, 0.5) is 0 Å². The summed E-state index contributed by atoms with van der Waals surface area (Å²) in [4.78, 5) is 9.00. The van der Waals surface area contributed by atoms with Crippen LogP contribution >= 0.6 is 0 Å². The molecule has 0 saturated heterocycles. The first-order valence-corrected chi connectivity index (χ1v) is 0.928. The molecule has 0 fully saturated rings. The molecule has 0 saturated carbocycles. The SMILES string of the molecule is CC(=O)O.[CaH2].[LiH]. The normalized spacial score (nSPS) is 4.17. The average molecular weight is 110 g/mol. The van der Waals surface area contributed by atoms with Crippen LogP contribution in [0.15, 0.2) is 0 Å². The Morgan fingerprint density at radius 1 is 1.67 bits per heavy atom. The van der Waals surface area contributed by atoms with E-state index in [0.29, 0.717) is 0 Å². The van der Waals surface area contributed by atoms with Gasteiger partial charge in [-0.25, -0.2) is 0 Å². The van der Waals surface area contributed by atoms with Crippen molar-refractivity contribution in [2.45, 2.75) is 6.92 Å². The molecular formula is C2H7CaLiO2. The molecule has 0 unspecified atom stereocenters. The third-order valence-electron chi connectivity index (χ3n) is 0. The van der Waals surface area contributed by atoms with Crippen LogP contribution in [0.25, 0.3) is 0 Å². The first-order chi connectivity index (χ1) is 1.73. The standard InChI is InChI=1S/C2H4O2.Ca.Li.3H/c1-2(3)4;;;;;/h1H3,(H,3,4);;;;;. The third kappa shape index (κ3) is 56.6. The van der Waals surface area contributed by atoms with Crippen LogP contribution in [0.1, 0.15) is 6.92 Å². The van der Waals surface area contributed by atoms with Crippen molar-refractivity contribution in [3.63, 3.8) is 0 Å². The van der Waals surface area contributed by atoms with E-state index in [9.17, 15) is 0 Å². The molecule has 0 rings (SSSR count). The van der Waals surface area contributed by atoms with E-state index >= 15 is 0 Å². The average Bonchev–Trinajstić information content (AvgIpc) is 0.811. The number of hydrogen-bond acceptors (Lipinski definition) is 1. The van der Waals surface area contributed by atoms with Crippen LogP contribution in [0.5, 0.6) is 0 Å². The van der Waals surface area contributed by atoms with Crippen molar-refractivity contribution in [3.05, 3.63) is 0 Å². The summed E-state index contributed by atoms with van der Waals surface area (Å²) in [6.07, 6.45) is 0. The first-order valence-electron chi connectivity index (χ1n) is 0.928. The van der Waals surface area contributed by atoms with E-state index in [2.05, 4.69) is 0 Å². The van der Waals surface area contributed by atoms with Crippen molar-refractivity contribution >= 4 is 62.6 Å². The molecule has 0 aliphatic heterocycles. The molecule has 4 heteroatoms. The Morgan fingerprint density at radius 2 is 1.67 bits per heavy atom. The number of hydrogen-bond donors (Lipinski definition) is 1. The summed E-state index contributed by atoms with van der Waals surface area (Å²) in [6, 6.07) is 0. The van der Waals surface area contributed by atoms with E-state index in [1.54, 1.807) is 0 Å². The Balaban J connectivity index is -0.0000000450. The first kappa shape index (κ1) is 15.7. The van der Waals surface area contributed by atoms with Gasteiger partial charge in [0.15, 0.2) is 0 Å². The molecule has 6 heavy (non-hydrogen) atoms. The molecule has 0 aromatic rings. The molecular weight excluding hydrogens is 103 g/mol. The predicted octanol–water partition coefficient (Wildman–Crippen LogP) is -1.47. The molecule has 0 aromatic heterocycles. The Labute approximate surface area is 78.5 Å². The summed E-state index contributed by atoms with van der Waals surface area (Å²) in [5, 5.41) is 7.42. The fraction of sp³-hybridized carbons (Fsp3) is 0.500. The second-order valence-corrected chi connectivity index (χ2v) is 0.519. The molecule has 1 N–H and O–H groups in total. The van der Waals surface area contributed by atoms with Crippen molar-refractivity contribution in [2.24, 2.45) is 0 Å². The van der Waals surface area contributed by atoms with E-state index in [1.165, 1.54) is 0 Å². The van der Waals surface area contributed by atoms with Gasteiger partial charge < -0.3 is 5.11 Å². The van der Waals surface area contributed by atoms with Gasteiger partial charge in [-0.2, -0.15) is 0 Å². The van der Waals surface area contributed by atoms with Crippen molar-refractivity contribution in [2.75, 3.05) is 0 Å². The van der Waals surface area contributed by atoms with Crippen LogP contribution in [0.2, 0.25) is 0 Å². The molecule has 30 valence electrons. The Bertz CT molecular complexity index is 34.5. The van der Waals surface area contributed by atoms with Crippen LogP contribution in [0, 0.1) is 0 Å². The summed E-state index contributed by atoms with van der Waals surface area (Å²) in [5.74, 6) is -0.833. The quantitative estimate of drug-likeness (QED) is 0.386. The second-order valence-electron chi connectivity index (χ2n) is 0.519. The molecule has 0 heterocycles. The summed E-state index contributed by atoms with van der Waals surface area (Å²) in [7, 11) is 0. The third-order valence-corrected chi connectivity index (χ3v) is 0. The topological polar surface area (TPSA) is 37.3 Å². The number of carboxylic acids is 1. The second kappa shape index (κ2) is 9.59. The zero-order valence-corrected chi connectivity index (χ0v) is 2.36. The molecule has 2 nitrogen and oxygen atoms in total. The number of rotatable bonds is 0. The number of carboxylic acid groups (broad SMARTS) is 1. The molecule has 0 spiro atoms. The van der Waals surface area contributed by atoms with Crippen molar-refractivity contribution in [3.8, 4) is 0 Å². The Morgan fingerprint density at radius 3 is 1.67 bits per heavy atom. The summed E-state index contributed by atoms with van der Waals surface area (Å²) < 4.78 is 0. The van der Waals surface area contributed by atoms with Gasteiger partial charge in [-0.05, 0) is 0 Å². The fourth-order valence-corrected chi connectivity index (χ4v) is 0.